The van der Waals surface area contributed by atoms with Gasteiger partial charge in [0.1, 0.15) is 0 Å². The van der Waals surface area contributed by atoms with Crippen molar-refractivity contribution in [3.05, 3.63) is 29.1 Å². The van der Waals surface area contributed by atoms with E-state index in [2.05, 4.69) is 0 Å². The van der Waals surface area contributed by atoms with E-state index in [0.29, 0.717) is 5.56 Å². The molecule has 0 aliphatic heterocycles. The zero-order valence-electron chi connectivity index (χ0n) is 10.2. The molecule has 0 saturated heterocycles. The van der Waals surface area contributed by atoms with Gasteiger partial charge in [0.2, 0.25) is 0 Å². The largest absolute Gasteiger partial charge is 0.505 e. The Labute approximate surface area is 106 Å². The van der Waals surface area contributed by atoms with Crippen LogP contribution in [-0.2, 0) is 0 Å². The Hall–Kier alpha value is -1.60. The highest BCUT2D eigenvalue weighted by atomic mass is 19.1. The number of nitrogens with zero attached hydrogens (tertiary/aromatic N) is 1. The molecule has 1 atom stereocenters. The maximum atomic E-state index is 13.5. The summed E-state index contributed by atoms with van der Waals surface area (Å²) in [5.74, 6) is -0.916. The lowest BCUT2D eigenvalue weighted by atomic mass is 9.81. The van der Waals surface area contributed by atoms with Crippen molar-refractivity contribution in [2.24, 2.45) is 11.7 Å². The Kier molecular flexibility index (Phi) is 3.83. The van der Waals surface area contributed by atoms with Crippen molar-refractivity contribution in [3.63, 3.8) is 0 Å². The lowest BCUT2D eigenvalue weighted by Gasteiger charge is -2.28. The molecule has 4 heteroatoms. The molecule has 1 aliphatic rings. The zero-order valence-corrected chi connectivity index (χ0v) is 10.2. The molecule has 0 spiro atoms. The normalized spacial score (nSPS) is 18.3. The topological polar surface area (TPSA) is 70.0 Å². The number of phenolic OH excluding ortho intramolecular Hbond substituents is 1. The van der Waals surface area contributed by atoms with Gasteiger partial charge < -0.3 is 10.8 Å². The van der Waals surface area contributed by atoms with Crippen molar-refractivity contribution in [1.82, 2.24) is 0 Å². The fourth-order valence-electron chi connectivity index (χ4n) is 2.69. The van der Waals surface area contributed by atoms with Crippen molar-refractivity contribution in [1.29, 1.82) is 5.26 Å². The number of phenols is 1. The number of nitrogens with two attached hydrogens (primary N) is 1. The predicted octanol–water partition coefficient (Wildman–Crippen LogP) is 2.98. The second-order valence-corrected chi connectivity index (χ2v) is 4.93. The molecule has 0 unspecified atom stereocenters. The molecule has 1 saturated carbocycles. The van der Waals surface area contributed by atoms with Gasteiger partial charge in [-0.1, -0.05) is 19.3 Å². The van der Waals surface area contributed by atoms with Gasteiger partial charge >= 0.3 is 0 Å². The smallest absolute Gasteiger partial charge is 0.166 e. The SMILES string of the molecule is N#Cc1cc(F)c(O)c([C@@H](N)C2CCCCC2)c1. The number of aromatic hydroxyl groups is 1. The van der Waals surface area contributed by atoms with Crippen LogP contribution in [0, 0.1) is 23.1 Å². The molecule has 0 aromatic heterocycles. The zero-order chi connectivity index (χ0) is 13.1. The molecule has 1 aliphatic carbocycles. The second-order valence-electron chi connectivity index (χ2n) is 4.93. The van der Waals surface area contributed by atoms with Gasteiger partial charge in [0.05, 0.1) is 11.6 Å². The average Bonchev–Trinajstić information content (AvgIpc) is 2.42. The summed E-state index contributed by atoms with van der Waals surface area (Å²) in [6.07, 6.45) is 5.46. The van der Waals surface area contributed by atoms with Crippen LogP contribution in [0.3, 0.4) is 0 Å². The molecule has 1 fully saturated rings. The lowest BCUT2D eigenvalue weighted by Crippen LogP contribution is -2.24. The van der Waals surface area contributed by atoms with Crippen LogP contribution >= 0.6 is 0 Å². The van der Waals surface area contributed by atoms with Crippen molar-refractivity contribution >= 4 is 0 Å². The molecule has 0 radical (unpaired) electrons. The Morgan fingerprint density at radius 1 is 1.33 bits per heavy atom. The molecule has 3 N–H and O–H groups in total. The first-order valence-electron chi connectivity index (χ1n) is 6.31. The van der Waals surface area contributed by atoms with Crippen LogP contribution in [0.5, 0.6) is 5.75 Å². The van der Waals surface area contributed by atoms with E-state index >= 15 is 0 Å². The Morgan fingerprint density at radius 3 is 2.61 bits per heavy atom. The number of halogens is 1. The Balaban J connectivity index is 2.31. The van der Waals surface area contributed by atoms with Gasteiger partial charge in [-0.05, 0) is 30.9 Å². The maximum Gasteiger partial charge on any atom is 0.166 e. The lowest BCUT2D eigenvalue weighted by molar-refractivity contribution is 0.300. The third-order valence-electron chi connectivity index (χ3n) is 3.74. The number of hydrogen-bond acceptors (Lipinski definition) is 3. The molecule has 18 heavy (non-hydrogen) atoms. The summed E-state index contributed by atoms with van der Waals surface area (Å²) in [4.78, 5) is 0. The minimum atomic E-state index is -0.768. The third-order valence-corrected chi connectivity index (χ3v) is 3.74. The highest BCUT2D eigenvalue weighted by Gasteiger charge is 2.25. The minimum absolute atomic E-state index is 0.201. The number of hydrogen-bond donors (Lipinski definition) is 2. The molecule has 1 aromatic rings. The number of rotatable bonds is 2. The van der Waals surface area contributed by atoms with E-state index in [9.17, 15) is 9.50 Å². The van der Waals surface area contributed by atoms with E-state index in [-0.39, 0.29) is 11.5 Å². The summed E-state index contributed by atoms with van der Waals surface area (Å²) in [6, 6.07) is 4.02. The van der Waals surface area contributed by atoms with E-state index in [1.54, 1.807) is 0 Å². The van der Waals surface area contributed by atoms with Crippen LogP contribution in [0.4, 0.5) is 4.39 Å². The highest BCUT2D eigenvalue weighted by molar-refractivity contribution is 5.44. The second kappa shape index (κ2) is 5.36. The predicted molar refractivity (Wildman–Crippen MR) is 66.3 cm³/mol. The van der Waals surface area contributed by atoms with Crippen LogP contribution < -0.4 is 5.73 Å². The molecule has 1 aromatic carbocycles. The van der Waals surface area contributed by atoms with Crippen LogP contribution in [-0.4, -0.2) is 5.11 Å². The molecule has 0 amide bonds. The van der Waals surface area contributed by atoms with Crippen molar-refractivity contribution in [2.75, 3.05) is 0 Å². The molecular formula is C14H17FN2O. The molecule has 3 nitrogen and oxygen atoms in total. The molecule has 0 heterocycles. The summed E-state index contributed by atoms with van der Waals surface area (Å²) >= 11 is 0. The van der Waals surface area contributed by atoms with Gasteiger partial charge in [-0.3, -0.25) is 0 Å². The van der Waals surface area contributed by atoms with Crippen molar-refractivity contribution < 1.29 is 9.50 Å². The van der Waals surface area contributed by atoms with Gasteiger partial charge in [0.15, 0.2) is 11.6 Å². The maximum absolute atomic E-state index is 13.5. The van der Waals surface area contributed by atoms with Crippen LogP contribution in [0.25, 0.3) is 0 Å². The van der Waals surface area contributed by atoms with Crippen molar-refractivity contribution in [3.8, 4) is 11.8 Å². The van der Waals surface area contributed by atoms with E-state index < -0.39 is 17.6 Å². The van der Waals surface area contributed by atoms with Crippen LogP contribution in [0.15, 0.2) is 12.1 Å². The number of benzene rings is 1. The standard InChI is InChI=1S/C14H17FN2O/c15-12-7-9(8-16)6-11(14(12)18)13(17)10-4-2-1-3-5-10/h6-7,10,13,18H,1-5,17H2/t13-/m0/s1. The van der Waals surface area contributed by atoms with Gasteiger partial charge in [-0.15, -0.1) is 0 Å². The van der Waals surface area contributed by atoms with E-state index in [4.69, 9.17) is 11.0 Å². The molecule has 0 bridgehead atoms. The Morgan fingerprint density at radius 2 is 2.00 bits per heavy atom. The van der Waals surface area contributed by atoms with E-state index in [0.717, 1.165) is 31.7 Å². The van der Waals surface area contributed by atoms with Crippen LogP contribution in [0.1, 0.15) is 49.3 Å². The van der Waals surface area contributed by atoms with Gasteiger partial charge in [0.25, 0.3) is 0 Å². The monoisotopic (exact) mass is 248 g/mol. The van der Waals surface area contributed by atoms with E-state index in [1.807, 2.05) is 6.07 Å². The Bertz CT molecular complexity index is 475. The first-order valence-corrected chi connectivity index (χ1v) is 6.31. The average molecular weight is 248 g/mol. The molecule has 2 rings (SSSR count). The summed E-state index contributed by atoms with van der Waals surface area (Å²) in [7, 11) is 0. The van der Waals surface area contributed by atoms with E-state index in [1.165, 1.54) is 12.5 Å². The summed E-state index contributed by atoms with van der Waals surface area (Å²) in [5.41, 5.74) is 6.69. The van der Waals surface area contributed by atoms with Gasteiger partial charge in [-0.25, -0.2) is 4.39 Å². The first kappa shape index (κ1) is 12.8. The summed E-state index contributed by atoms with van der Waals surface area (Å²) < 4.78 is 13.5. The molecular weight excluding hydrogens is 231 g/mol. The van der Waals surface area contributed by atoms with Gasteiger partial charge in [-0.2, -0.15) is 5.26 Å². The quantitative estimate of drug-likeness (QED) is 0.845. The molecule has 96 valence electrons. The van der Waals surface area contributed by atoms with Gasteiger partial charge in [0, 0.05) is 11.6 Å². The highest BCUT2D eigenvalue weighted by Crippen LogP contribution is 2.37. The fraction of sp³-hybridized carbons (Fsp3) is 0.500. The van der Waals surface area contributed by atoms with Crippen LogP contribution in [0.2, 0.25) is 0 Å². The summed E-state index contributed by atoms with van der Waals surface area (Å²) in [5, 5.41) is 18.6. The first-order chi connectivity index (χ1) is 8.63. The minimum Gasteiger partial charge on any atom is -0.505 e. The third kappa shape index (κ3) is 2.46. The van der Waals surface area contributed by atoms with Crippen molar-refractivity contribution in [2.45, 2.75) is 38.1 Å². The fourth-order valence-corrected chi connectivity index (χ4v) is 2.69. The summed E-state index contributed by atoms with van der Waals surface area (Å²) in [6.45, 7) is 0. The number of nitriles is 1.